The number of amides is 2. The molecule has 30 heavy (non-hydrogen) atoms. The lowest BCUT2D eigenvalue weighted by Gasteiger charge is -2.29. The van der Waals surface area contributed by atoms with Gasteiger partial charge in [0.2, 0.25) is 0 Å². The Kier molecular flexibility index (Phi) is 6.43. The molecule has 1 heterocycles. The highest BCUT2D eigenvalue weighted by Crippen LogP contribution is 2.31. The molecule has 1 fully saturated rings. The van der Waals surface area contributed by atoms with Crippen LogP contribution in [-0.4, -0.2) is 30.1 Å². The molecule has 2 amide bonds. The van der Waals surface area contributed by atoms with Gasteiger partial charge in [-0.3, -0.25) is 19.8 Å². The average molecular weight is 445 g/mol. The van der Waals surface area contributed by atoms with E-state index in [0.29, 0.717) is 27.8 Å². The number of hydrogen-bond donors (Lipinski definition) is 1. The van der Waals surface area contributed by atoms with Gasteiger partial charge in [-0.15, -0.1) is 0 Å². The second-order valence-corrected chi connectivity index (χ2v) is 7.76. The van der Waals surface area contributed by atoms with Gasteiger partial charge in [0, 0.05) is 5.02 Å². The number of nitrogens with zero attached hydrogens (tertiary/aromatic N) is 1. The van der Waals surface area contributed by atoms with Crippen LogP contribution in [0.2, 0.25) is 5.02 Å². The van der Waals surface area contributed by atoms with Crippen molar-refractivity contribution in [3.8, 4) is 11.5 Å². The summed E-state index contributed by atoms with van der Waals surface area (Å²) in [6.45, 7) is 5.68. The fourth-order valence-corrected chi connectivity index (χ4v) is 3.36. The maximum Gasteiger partial charge on any atom is 0.270 e. The summed E-state index contributed by atoms with van der Waals surface area (Å²) in [7, 11) is 1.53. The number of hydrogen-bond acceptors (Lipinski definition) is 5. The molecular formula is C22H21ClN2O4S. The van der Waals surface area contributed by atoms with Crippen molar-refractivity contribution in [1.82, 2.24) is 5.32 Å². The Morgan fingerprint density at radius 2 is 1.87 bits per heavy atom. The van der Waals surface area contributed by atoms with Crippen LogP contribution in [0.15, 0.2) is 42.0 Å². The van der Waals surface area contributed by atoms with Gasteiger partial charge in [0.05, 0.1) is 18.9 Å². The van der Waals surface area contributed by atoms with Crippen molar-refractivity contribution in [3.05, 3.63) is 58.1 Å². The first kappa shape index (κ1) is 21.8. The normalized spacial score (nSPS) is 15.6. The summed E-state index contributed by atoms with van der Waals surface area (Å²) in [4.78, 5) is 26.9. The lowest BCUT2D eigenvalue weighted by molar-refractivity contribution is -0.122. The minimum Gasteiger partial charge on any atom is -0.493 e. The van der Waals surface area contributed by atoms with E-state index in [1.807, 2.05) is 20.8 Å². The van der Waals surface area contributed by atoms with Crippen molar-refractivity contribution >= 4 is 52.5 Å². The Labute approximate surface area is 185 Å². The fourth-order valence-electron chi connectivity index (χ4n) is 2.90. The summed E-state index contributed by atoms with van der Waals surface area (Å²) in [6.07, 6.45) is 1.47. The second-order valence-electron chi connectivity index (χ2n) is 6.97. The van der Waals surface area contributed by atoms with E-state index < -0.39 is 11.8 Å². The minimum atomic E-state index is -0.569. The molecule has 1 N–H and O–H groups in total. The number of ether oxygens (including phenoxy) is 2. The smallest absolute Gasteiger partial charge is 0.270 e. The van der Waals surface area contributed by atoms with Crippen molar-refractivity contribution in [2.24, 2.45) is 0 Å². The Morgan fingerprint density at radius 3 is 2.50 bits per heavy atom. The molecule has 1 aliphatic heterocycles. The van der Waals surface area contributed by atoms with Crippen LogP contribution in [-0.2, 0) is 9.59 Å². The maximum atomic E-state index is 13.1. The molecule has 0 aromatic heterocycles. The third-order valence-corrected chi connectivity index (χ3v) is 5.07. The number of methoxy groups -OCH3 is 1. The highest BCUT2D eigenvalue weighted by molar-refractivity contribution is 7.80. The number of thiocarbonyl (C=S) groups is 1. The first-order valence-corrected chi connectivity index (χ1v) is 10.0. The fraction of sp³-hybridized carbons (Fsp3) is 0.227. The van der Waals surface area contributed by atoms with Gasteiger partial charge in [0.1, 0.15) is 5.57 Å². The molecular weight excluding hydrogens is 424 g/mol. The SMILES string of the molecule is COc1cc(/C=C2\C(=O)NC(=S)N(c3ccc(C)c(Cl)c3)C2=O)ccc1OC(C)C. The standard InChI is InChI=1S/C22H21ClN2O4S/c1-12(2)29-18-8-6-14(10-19(18)28-4)9-16-20(26)24-22(30)25(21(16)27)15-7-5-13(3)17(23)11-15/h5-12H,1-4H3,(H,24,26,30)/b16-9+. The Balaban J connectivity index is 1.99. The summed E-state index contributed by atoms with van der Waals surface area (Å²) in [6, 6.07) is 10.3. The predicted molar refractivity (Wildman–Crippen MR) is 121 cm³/mol. The summed E-state index contributed by atoms with van der Waals surface area (Å²) < 4.78 is 11.1. The zero-order chi connectivity index (χ0) is 22.0. The number of anilines is 1. The summed E-state index contributed by atoms with van der Waals surface area (Å²) >= 11 is 11.4. The third-order valence-electron chi connectivity index (χ3n) is 4.38. The zero-order valence-electron chi connectivity index (χ0n) is 17.0. The van der Waals surface area contributed by atoms with Crippen LogP contribution in [0.1, 0.15) is 25.0 Å². The number of benzene rings is 2. The molecule has 156 valence electrons. The molecule has 8 heteroatoms. The maximum absolute atomic E-state index is 13.1. The van der Waals surface area contributed by atoms with Crippen LogP contribution < -0.4 is 19.7 Å². The van der Waals surface area contributed by atoms with Crippen LogP contribution in [0.5, 0.6) is 11.5 Å². The number of rotatable bonds is 5. The van der Waals surface area contributed by atoms with Gasteiger partial charge < -0.3 is 9.47 Å². The number of carbonyl (C=O) groups excluding carboxylic acids is 2. The van der Waals surface area contributed by atoms with Crippen molar-refractivity contribution in [2.75, 3.05) is 12.0 Å². The van der Waals surface area contributed by atoms with Crippen LogP contribution >= 0.6 is 23.8 Å². The van der Waals surface area contributed by atoms with Crippen molar-refractivity contribution in [1.29, 1.82) is 0 Å². The topological polar surface area (TPSA) is 67.9 Å². The summed E-state index contributed by atoms with van der Waals surface area (Å²) in [5, 5.41) is 3.06. The van der Waals surface area contributed by atoms with E-state index in [2.05, 4.69) is 5.32 Å². The molecule has 0 aliphatic carbocycles. The van der Waals surface area contributed by atoms with Gasteiger partial charge in [0.15, 0.2) is 16.6 Å². The van der Waals surface area contributed by atoms with Gasteiger partial charge in [-0.1, -0.05) is 23.7 Å². The molecule has 0 atom stereocenters. The Hall–Kier alpha value is -2.90. The number of halogens is 1. The monoisotopic (exact) mass is 444 g/mol. The summed E-state index contributed by atoms with van der Waals surface area (Å²) in [5.41, 5.74) is 1.90. The molecule has 1 aliphatic rings. The van der Waals surface area contributed by atoms with E-state index in [0.717, 1.165) is 5.56 Å². The highest BCUT2D eigenvalue weighted by atomic mass is 35.5. The largest absolute Gasteiger partial charge is 0.493 e. The van der Waals surface area contributed by atoms with E-state index >= 15 is 0 Å². The van der Waals surface area contributed by atoms with Crippen LogP contribution in [0, 0.1) is 6.92 Å². The lowest BCUT2D eigenvalue weighted by atomic mass is 10.1. The van der Waals surface area contributed by atoms with E-state index in [-0.39, 0.29) is 16.8 Å². The Bertz CT molecular complexity index is 1070. The number of carbonyl (C=O) groups is 2. The van der Waals surface area contributed by atoms with Gasteiger partial charge in [0.25, 0.3) is 11.8 Å². The first-order chi connectivity index (χ1) is 14.2. The van der Waals surface area contributed by atoms with Gasteiger partial charge in [-0.2, -0.15) is 0 Å². The predicted octanol–water partition coefficient (Wildman–Crippen LogP) is 4.28. The molecule has 2 aromatic rings. The number of nitrogens with one attached hydrogen (secondary N) is 1. The second kappa shape index (κ2) is 8.85. The molecule has 0 bridgehead atoms. The van der Waals surface area contributed by atoms with Gasteiger partial charge in [-0.25, -0.2) is 0 Å². The number of aryl methyl sites for hydroxylation is 1. The minimum absolute atomic E-state index is 0.000307. The average Bonchev–Trinajstić information content (AvgIpc) is 2.68. The molecule has 1 saturated heterocycles. The van der Waals surface area contributed by atoms with Gasteiger partial charge >= 0.3 is 0 Å². The van der Waals surface area contributed by atoms with Crippen LogP contribution in [0.25, 0.3) is 6.08 Å². The lowest BCUT2D eigenvalue weighted by Crippen LogP contribution is -2.54. The third kappa shape index (κ3) is 4.47. The van der Waals surface area contributed by atoms with Crippen molar-refractivity contribution in [2.45, 2.75) is 26.9 Å². The molecule has 6 nitrogen and oxygen atoms in total. The molecule has 3 rings (SSSR count). The van der Waals surface area contributed by atoms with E-state index in [4.69, 9.17) is 33.3 Å². The van der Waals surface area contributed by atoms with Crippen LogP contribution in [0.3, 0.4) is 0 Å². The molecule has 0 radical (unpaired) electrons. The highest BCUT2D eigenvalue weighted by Gasteiger charge is 2.34. The molecule has 0 unspecified atom stereocenters. The Morgan fingerprint density at radius 1 is 1.13 bits per heavy atom. The van der Waals surface area contributed by atoms with Crippen LogP contribution in [0.4, 0.5) is 5.69 Å². The zero-order valence-corrected chi connectivity index (χ0v) is 18.6. The molecule has 2 aromatic carbocycles. The van der Waals surface area contributed by atoms with Gasteiger partial charge in [-0.05, 0) is 74.5 Å². The summed E-state index contributed by atoms with van der Waals surface area (Å²) in [5.74, 6) is -0.0309. The van der Waals surface area contributed by atoms with E-state index in [9.17, 15) is 9.59 Å². The molecule has 0 spiro atoms. The van der Waals surface area contributed by atoms with Crippen molar-refractivity contribution in [3.63, 3.8) is 0 Å². The van der Waals surface area contributed by atoms with Crippen molar-refractivity contribution < 1.29 is 19.1 Å². The van der Waals surface area contributed by atoms with E-state index in [1.54, 1.807) is 36.4 Å². The first-order valence-electron chi connectivity index (χ1n) is 9.23. The van der Waals surface area contributed by atoms with E-state index in [1.165, 1.54) is 18.1 Å². The quantitative estimate of drug-likeness (QED) is 0.423. The molecule has 0 saturated carbocycles.